The highest BCUT2D eigenvalue weighted by Gasteiger charge is 2.16. The van der Waals surface area contributed by atoms with E-state index in [-0.39, 0.29) is 5.95 Å². The van der Waals surface area contributed by atoms with Crippen LogP contribution in [0.1, 0.15) is 12.8 Å². The van der Waals surface area contributed by atoms with Crippen molar-refractivity contribution < 1.29 is 0 Å². The summed E-state index contributed by atoms with van der Waals surface area (Å²) in [6.07, 6.45) is 7.80. The molecule has 0 unspecified atom stereocenters. The topological polar surface area (TPSA) is 97.8 Å². The summed E-state index contributed by atoms with van der Waals surface area (Å²) in [5.74, 6) is 1.45. The minimum Gasteiger partial charge on any atom is -0.368 e. The molecule has 3 heterocycles. The lowest BCUT2D eigenvalue weighted by Crippen LogP contribution is -2.22. The van der Waals surface area contributed by atoms with Crippen LogP contribution in [0, 0.1) is 0 Å². The van der Waals surface area contributed by atoms with E-state index in [1.54, 1.807) is 12.5 Å². The minimum atomic E-state index is 0.257. The van der Waals surface area contributed by atoms with E-state index in [0.29, 0.717) is 18.4 Å². The Hall–Kier alpha value is -2.38. The van der Waals surface area contributed by atoms with Crippen LogP contribution in [0.15, 0.2) is 18.7 Å². The molecule has 0 atom stereocenters. The molecule has 20 heavy (non-hydrogen) atoms. The standard InChI is InChI=1S/C12H18N8/c13-10-16-11(15-4-8-19-7-3-14-9-19)18-12(17-10)20-5-1-2-6-20/h3,7,9H,1-2,4-6,8H2,(H3,13,15,16,17,18). The molecule has 3 N–H and O–H groups in total. The number of hydrogen-bond acceptors (Lipinski definition) is 7. The molecule has 106 valence electrons. The summed E-state index contributed by atoms with van der Waals surface area (Å²) in [5, 5.41) is 3.17. The first-order valence-corrected chi connectivity index (χ1v) is 6.77. The number of imidazole rings is 1. The van der Waals surface area contributed by atoms with Gasteiger partial charge in [0.15, 0.2) is 0 Å². The van der Waals surface area contributed by atoms with Crippen molar-refractivity contribution in [1.82, 2.24) is 24.5 Å². The highest BCUT2D eigenvalue weighted by atomic mass is 15.3. The molecule has 0 spiro atoms. The number of aromatic nitrogens is 5. The molecule has 1 fully saturated rings. The van der Waals surface area contributed by atoms with Gasteiger partial charge in [-0.1, -0.05) is 0 Å². The molecule has 0 saturated carbocycles. The fraction of sp³-hybridized carbons (Fsp3) is 0.500. The van der Waals surface area contributed by atoms with Crippen LogP contribution in [0.25, 0.3) is 0 Å². The molecular weight excluding hydrogens is 256 g/mol. The van der Waals surface area contributed by atoms with Crippen molar-refractivity contribution >= 4 is 17.8 Å². The molecule has 1 saturated heterocycles. The predicted octanol–water partition coefficient (Wildman–Crippen LogP) is 0.363. The Kier molecular flexibility index (Phi) is 3.62. The summed E-state index contributed by atoms with van der Waals surface area (Å²) in [4.78, 5) is 18.9. The van der Waals surface area contributed by atoms with Crippen molar-refractivity contribution in [2.45, 2.75) is 19.4 Å². The first kappa shape index (κ1) is 12.6. The summed E-state index contributed by atoms with van der Waals surface area (Å²) >= 11 is 0. The van der Waals surface area contributed by atoms with Gasteiger partial charge in [-0.2, -0.15) is 15.0 Å². The van der Waals surface area contributed by atoms with E-state index >= 15 is 0 Å². The number of nitrogens with zero attached hydrogens (tertiary/aromatic N) is 6. The van der Waals surface area contributed by atoms with Crippen molar-refractivity contribution in [2.75, 3.05) is 35.6 Å². The Labute approximate surface area is 117 Å². The van der Waals surface area contributed by atoms with Gasteiger partial charge in [-0.25, -0.2) is 4.98 Å². The van der Waals surface area contributed by atoms with Gasteiger partial charge in [0.1, 0.15) is 0 Å². The molecule has 1 aliphatic rings. The Bertz CT molecular complexity index is 547. The van der Waals surface area contributed by atoms with E-state index in [2.05, 4.69) is 30.2 Å². The molecule has 0 aliphatic carbocycles. The second-order valence-corrected chi connectivity index (χ2v) is 4.74. The first-order chi connectivity index (χ1) is 9.81. The Morgan fingerprint density at radius 2 is 2.05 bits per heavy atom. The molecule has 0 aromatic carbocycles. The van der Waals surface area contributed by atoms with Crippen LogP contribution in [0.2, 0.25) is 0 Å². The zero-order valence-electron chi connectivity index (χ0n) is 11.2. The van der Waals surface area contributed by atoms with Crippen LogP contribution in [0.3, 0.4) is 0 Å². The number of nitrogens with two attached hydrogens (primary N) is 1. The van der Waals surface area contributed by atoms with Gasteiger partial charge < -0.3 is 20.5 Å². The lowest BCUT2D eigenvalue weighted by atomic mass is 10.4. The van der Waals surface area contributed by atoms with Crippen molar-refractivity contribution in [3.8, 4) is 0 Å². The third kappa shape index (κ3) is 2.95. The maximum Gasteiger partial charge on any atom is 0.231 e. The minimum absolute atomic E-state index is 0.257. The highest BCUT2D eigenvalue weighted by Crippen LogP contribution is 2.17. The molecule has 2 aromatic heterocycles. The second-order valence-electron chi connectivity index (χ2n) is 4.74. The number of anilines is 3. The molecule has 0 amide bonds. The van der Waals surface area contributed by atoms with Gasteiger partial charge >= 0.3 is 0 Å². The first-order valence-electron chi connectivity index (χ1n) is 6.77. The quantitative estimate of drug-likeness (QED) is 0.812. The average Bonchev–Trinajstić information content (AvgIpc) is 3.11. The molecule has 0 radical (unpaired) electrons. The molecule has 8 heteroatoms. The van der Waals surface area contributed by atoms with Crippen LogP contribution in [0.5, 0.6) is 0 Å². The van der Waals surface area contributed by atoms with Gasteiger partial charge in [0.05, 0.1) is 6.33 Å². The van der Waals surface area contributed by atoms with Gasteiger partial charge in [0, 0.05) is 38.6 Å². The fourth-order valence-corrected chi connectivity index (χ4v) is 2.23. The van der Waals surface area contributed by atoms with Gasteiger partial charge in [-0.05, 0) is 12.8 Å². The van der Waals surface area contributed by atoms with E-state index in [1.165, 1.54) is 12.8 Å². The van der Waals surface area contributed by atoms with E-state index < -0.39 is 0 Å². The zero-order valence-corrected chi connectivity index (χ0v) is 11.2. The van der Waals surface area contributed by atoms with E-state index in [9.17, 15) is 0 Å². The highest BCUT2D eigenvalue weighted by molar-refractivity contribution is 5.42. The maximum absolute atomic E-state index is 5.75. The van der Waals surface area contributed by atoms with E-state index in [0.717, 1.165) is 19.6 Å². The predicted molar refractivity (Wildman–Crippen MR) is 76.4 cm³/mol. The van der Waals surface area contributed by atoms with Crippen LogP contribution >= 0.6 is 0 Å². The van der Waals surface area contributed by atoms with Crippen molar-refractivity contribution in [1.29, 1.82) is 0 Å². The molecule has 8 nitrogen and oxygen atoms in total. The van der Waals surface area contributed by atoms with Gasteiger partial charge in [-0.3, -0.25) is 0 Å². The molecular formula is C12H18N8. The maximum atomic E-state index is 5.75. The number of hydrogen-bond donors (Lipinski definition) is 2. The molecule has 3 rings (SSSR count). The number of rotatable bonds is 5. The monoisotopic (exact) mass is 274 g/mol. The summed E-state index contributed by atoms with van der Waals surface area (Å²) in [7, 11) is 0. The average molecular weight is 274 g/mol. The number of nitrogens with one attached hydrogen (secondary N) is 1. The Morgan fingerprint density at radius 3 is 2.80 bits per heavy atom. The van der Waals surface area contributed by atoms with Crippen molar-refractivity contribution in [2.24, 2.45) is 0 Å². The Balaban J connectivity index is 1.63. The largest absolute Gasteiger partial charge is 0.368 e. The summed E-state index contributed by atoms with van der Waals surface area (Å²) in [6, 6.07) is 0. The van der Waals surface area contributed by atoms with Crippen LogP contribution in [-0.2, 0) is 6.54 Å². The lowest BCUT2D eigenvalue weighted by molar-refractivity contribution is 0.722. The van der Waals surface area contributed by atoms with Gasteiger partial charge in [-0.15, -0.1) is 0 Å². The summed E-state index contributed by atoms with van der Waals surface area (Å²) in [6.45, 7) is 3.47. The van der Waals surface area contributed by atoms with Crippen LogP contribution in [0.4, 0.5) is 17.8 Å². The van der Waals surface area contributed by atoms with Crippen molar-refractivity contribution in [3.63, 3.8) is 0 Å². The van der Waals surface area contributed by atoms with Crippen LogP contribution < -0.4 is 16.0 Å². The SMILES string of the molecule is Nc1nc(NCCn2ccnc2)nc(N2CCCC2)n1. The lowest BCUT2D eigenvalue weighted by Gasteiger charge is -2.16. The van der Waals surface area contributed by atoms with Gasteiger partial charge in [0.2, 0.25) is 17.8 Å². The summed E-state index contributed by atoms with van der Waals surface area (Å²) in [5.41, 5.74) is 5.75. The van der Waals surface area contributed by atoms with Crippen molar-refractivity contribution in [3.05, 3.63) is 18.7 Å². The fourth-order valence-electron chi connectivity index (χ4n) is 2.23. The third-order valence-electron chi connectivity index (χ3n) is 3.24. The second kappa shape index (κ2) is 5.72. The van der Waals surface area contributed by atoms with Crippen LogP contribution in [-0.4, -0.2) is 44.1 Å². The van der Waals surface area contributed by atoms with E-state index in [4.69, 9.17) is 5.73 Å². The normalized spacial score (nSPS) is 14.7. The number of nitrogen functional groups attached to an aromatic ring is 1. The van der Waals surface area contributed by atoms with E-state index in [1.807, 2.05) is 10.8 Å². The molecule has 1 aliphatic heterocycles. The third-order valence-corrected chi connectivity index (χ3v) is 3.24. The Morgan fingerprint density at radius 1 is 1.20 bits per heavy atom. The zero-order chi connectivity index (χ0) is 13.8. The molecule has 0 bridgehead atoms. The smallest absolute Gasteiger partial charge is 0.231 e. The van der Waals surface area contributed by atoms with Gasteiger partial charge in [0.25, 0.3) is 0 Å². The summed E-state index contributed by atoms with van der Waals surface area (Å²) < 4.78 is 1.99. The molecule has 2 aromatic rings.